The Hall–Kier alpha value is -4.66. The summed E-state index contributed by atoms with van der Waals surface area (Å²) in [6.45, 7) is 6.94. The first kappa shape index (κ1) is 32.3. The average molecular weight is 600 g/mol. The minimum atomic E-state index is -1.12. The summed E-state index contributed by atoms with van der Waals surface area (Å²) in [5, 5.41) is 8.03. The van der Waals surface area contributed by atoms with E-state index in [0.29, 0.717) is 6.42 Å². The Morgan fingerprint density at radius 3 is 2.00 bits per heavy atom. The van der Waals surface area contributed by atoms with E-state index in [4.69, 9.17) is 9.47 Å². The van der Waals surface area contributed by atoms with Gasteiger partial charge >= 0.3 is 12.1 Å². The van der Waals surface area contributed by atoms with Gasteiger partial charge in [0.05, 0.1) is 6.54 Å². The zero-order valence-electron chi connectivity index (χ0n) is 25.7. The van der Waals surface area contributed by atoms with Gasteiger partial charge in [-0.2, -0.15) is 0 Å². The summed E-state index contributed by atoms with van der Waals surface area (Å²) in [7, 11) is 0. The topological polar surface area (TPSA) is 123 Å². The zero-order valence-corrected chi connectivity index (χ0v) is 25.7. The molecule has 0 spiro atoms. The fraction of sp³-hybridized carbons (Fsp3) is 0.371. The van der Waals surface area contributed by atoms with Crippen LogP contribution in [0.3, 0.4) is 0 Å². The van der Waals surface area contributed by atoms with Crippen molar-refractivity contribution in [2.75, 3.05) is 13.2 Å². The molecule has 0 aromatic heterocycles. The Morgan fingerprint density at radius 2 is 1.39 bits per heavy atom. The molecule has 4 rings (SSSR count). The number of carbonyl (C=O) groups excluding carboxylic acids is 4. The van der Waals surface area contributed by atoms with E-state index in [1.165, 1.54) is 0 Å². The van der Waals surface area contributed by atoms with E-state index in [1.54, 1.807) is 20.8 Å². The standard InChI is InChI=1S/C35H41N3O6/c1-23(20-24-12-6-5-7-13-24)37-32(40)21-36-31(39)19-18-30(33(41)44-35(2,3)4)38-34(42)43-22-29-27-16-10-8-14-25(27)26-15-9-11-17-28(26)29/h5-17,23,29-30H,18-22H2,1-4H3,(H,36,39)(H,37,40)(H,38,42). The van der Waals surface area contributed by atoms with Gasteiger partial charge in [0.15, 0.2) is 0 Å². The van der Waals surface area contributed by atoms with Gasteiger partial charge in [0, 0.05) is 18.4 Å². The first-order chi connectivity index (χ1) is 21.0. The molecule has 0 saturated carbocycles. The predicted octanol–water partition coefficient (Wildman–Crippen LogP) is 4.88. The van der Waals surface area contributed by atoms with Gasteiger partial charge in [-0.3, -0.25) is 9.59 Å². The molecule has 3 N–H and O–H groups in total. The molecule has 0 fully saturated rings. The maximum atomic E-state index is 12.9. The Kier molecular flexibility index (Phi) is 10.8. The van der Waals surface area contributed by atoms with Gasteiger partial charge in [-0.1, -0.05) is 78.9 Å². The number of carbonyl (C=O) groups is 4. The summed E-state index contributed by atoms with van der Waals surface area (Å²) in [5.41, 5.74) is 4.65. The lowest BCUT2D eigenvalue weighted by Crippen LogP contribution is -2.45. The molecule has 3 amide bonds. The molecule has 0 radical (unpaired) electrons. The lowest BCUT2D eigenvalue weighted by molar-refractivity contribution is -0.157. The minimum Gasteiger partial charge on any atom is -0.458 e. The van der Waals surface area contributed by atoms with Gasteiger partial charge in [0.2, 0.25) is 11.8 Å². The molecular formula is C35H41N3O6. The zero-order chi connectivity index (χ0) is 31.7. The van der Waals surface area contributed by atoms with Crippen molar-refractivity contribution in [3.63, 3.8) is 0 Å². The lowest BCUT2D eigenvalue weighted by Gasteiger charge is -2.24. The van der Waals surface area contributed by atoms with Crippen molar-refractivity contribution in [1.29, 1.82) is 0 Å². The van der Waals surface area contributed by atoms with E-state index in [-0.39, 0.29) is 43.9 Å². The number of esters is 1. The van der Waals surface area contributed by atoms with Crippen LogP contribution in [-0.2, 0) is 30.3 Å². The van der Waals surface area contributed by atoms with Crippen LogP contribution in [0.2, 0.25) is 0 Å². The van der Waals surface area contributed by atoms with Crippen LogP contribution < -0.4 is 16.0 Å². The Bertz CT molecular complexity index is 1420. The molecular weight excluding hydrogens is 558 g/mol. The number of rotatable bonds is 12. The summed E-state index contributed by atoms with van der Waals surface area (Å²) in [6.07, 6.45) is -0.258. The van der Waals surface area contributed by atoms with E-state index in [2.05, 4.69) is 16.0 Å². The molecule has 2 unspecified atom stereocenters. The number of fused-ring (bicyclic) bond motifs is 3. The van der Waals surface area contributed by atoms with Crippen LogP contribution in [0, 0.1) is 0 Å². The quantitative estimate of drug-likeness (QED) is 0.255. The maximum absolute atomic E-state index is 12.9. The van der Waals surface area contributed by atoms with E-state index in [0.717, 1.165) is 27.8 Å². The third-order valence-corrected chi connectivity index (χ3v) is 7.23. The molecule has 9 nitrogen and oxygen atoms in total. The number of ether oxygens (including phenoxy) is 2. The third-order valence-electron chi connectivity index (χ3n) is 7.23. The van der Waals surface area contributed by atoms with Gasteiger partial charge in [0.1, 0.15) is 18.2 Å². The molecule has 1 aliphatic rings. The van der Waals surface area contributed by atoms with Gasteiger partial charge in [0.25, 0.3) is 0 Å². The van der Waals surface area contributed by atoms with Crippen LogP contribution in [0.15, 0.2) is 78.9 Å². The van der Waals surface area contributed by atoms with Gasteiger partial charge in [-0.05, 0) is 68.4 Å². The predicted molar refractivity (Wildman–Crippen MR) is 168 cm³/mol. The fourth-order valence-electron chi connectivity index (χ4n) is 5.29. The largest absolute Gasteiger partial charge is 0.458 e. The van der Waals surface area contributed by atoms with Crippen molar-refractivity contribution in [3.05, 3.63) is 95.6 Å². The van der Waals surface area contributed by atoms with E-state index >= 15 is 0 Å². The highest BCUT2D eigenvalue weighted by Gasteiger charge is 2.31. The van der Waals surface area contributed by atoms with Crippen LogP contribution >= 0.6 is 0 Å². The highest BCUT2D eigenvalue weighted by atomic mass is 16.6. The number of amides is 3. The number of alkyl carbamates (subject to hydrolysis) is 1. The normalized spacial score (nSPS) is 13.5. The van der Waals surface area contributed by atoms with Gasteiger partial charge in [-0.15, -0.1) is 0 Å². The Morgan fingerprint density at radius 1 is 0.795 bits per heavy atom. The van der Waals surface area contributed by atoms with Crippen molar-refractivity contribution in [2.45, 2.75) is 70.6 Å². The number of hydrogen-bond donors (Lipinski definition) is 3. The summed E-state index contributed by atoms with van der Waals surface area (Å²) in [4.78, 5) is 50.8. The SMILES string of the molecule is CC(Cc1ccccc1)NC(=O)CNC(=O)CCC(NC(=O)OCC1c2ccccc2-c2ccccc21)C(=O)OC(C)(C)C. The first-order valence-corrected chi connectivity index (χ1v) is 14.9. The Balaban J connectivity index is 1.28. The molecule has 44 heavy (non-hydrogen) atoms. The first-order valence-electron chi connectivity index (χ1n) is 14.9. The second kappa shape index (κ2) is 14.7. The van der Waals surface area contributed by atoms with E-state index in [9.17, 15) is 19.2 Å². The van der Waals surface area contributed by atoms with Crippen molar-refractivity contribution in [2.24, 2.45) is 0 Å². The molecule has 3 aromatic carbocycles. The summed E-state index contributed by atoms with van der Waals surface area (Å²) in [6, 6.07) is 24.6. The second-order valence-corrected chi connectivity index (χ2v) is 12.0. The van der Waals surface area contributed by atoms with Crippen molar-refractivity contribution in [1.82, 2.24) is 16.0 Å². The van der Waals surface area contributed by atoms with E-state index in [1.807, 2.05) is 85.8 Å². The smallest absolute Gasteiger partial charge is 0.407 e. The highest BCUT2D eigenvalue weighted by Crippen LogP contribution is 2.44. The molecule has 0 heterocycles. The maximum Gasteiger partial charge on any atom is 0.407 e. The third kappa shape index (κ3) is 9.17. The fourth-order valence-corrected chi connectivity index (χ4v) is 5.29. The van der Waals surface area contributed by atoms with Crippen molar-refractivity contribution < 1.29 is 28.7 Å². The molecule has 0 saturated heterocycles. The number of nitrogens with one attached hydrogen (secondary N) is 3. The Labute approximate surface area is 258 Å². The molecule has 2 atom stereocenters. The van der Waals surface area contributed by atoms with Crippen LogP contribution in [-0.4, -0.2) is 54.7 Å². The number of hydrogen-bond acceptors (Lipinski definition) is 6. The van der Waals surface area contributed by atoms with E-state index < -0.39 is 29.6 Å². The molecule has 0 aliphatic heterocycles. The van der Waals surface area contributed by atoms with Gasteiger partial charge < -0.3 is 25.4 Å². The highest BCUT2D eigenvalue weighted by molar-refractivity contribution is 5.86. The second-order valence-electron chi connectivity index (χ2n) is 12.0. The number of benzene rings is 3. The lowest BCUT2D eigenvalue weighted by atomic mass is 9.98. The van der Waals surface area contributed by atoms with Crippen LogP contribution in [0.1, 0.15) is 63.1 Å². The minimum absolute atomic E-state index is 0.0308. The monoisotopic (exact) mass is 599 g/mol. The molecule has 232 valence electrons. The van der Waals surface area contributed by atoms with Crippen LogP contribution in [0.5, 0.6) is 0 Å². The summed E-state index contributed by atoms with van der Waals surface area (Å²) >= 11 is 0. The van der Waals surface area contributed by atoms with Gasteiger partial charge in [-0.25, -0.2) is 9.59 Å². The molecule has 3 aromatic rings. The molecule has 9 heteroatoms. The van der Waals surface area contributed by atoms with Crippen molar-refractivity contribution >= 4 is 23.9 Å². The molecule has 1 aliphatic carbocycles. The van der Waals surface area contributed by atoms with Crippen LogP contribution in [0.4, 0.5) is 4.79 Å². The van der Waals surface area contributed by atoms with Crippen molar-refractivity contribution in [3.8, 4) is 11.1 Å². The average Bonchev–Trinajstić information content (AvgIpc) is 3.30. The summed E-state index contributed by atoms with van der Waals surface area (Å²) in [5.74, 6) is -1.56. The summed E-state index contributed by atoms with van der Waals surface area (Å²) < 4.78 is 11.1. The molecule has 0 bridgehead atoms. The van der Waals surface area contributed by atoms with Crippen LogP contribution in [0.25, 0.3) is 11.1 Å².